The van der Waals surface area contributed by atoms with Crippen LogP contribution >= 0.6 is 11.6 Å². The summed E-state index contributed by atoms with van der Waals surface area (Å²) in [4.78, 5) is 4.52. The molecule has 72 valence electrons. The van der Waals surface area contributed by atoms with Gasteiger partial charge >= 0.3 is 0 Å². The largest absolute Gasteiger partial charge is 0.300 e. The lowest BCUT2D eigenvalue weighted by atomic mass is 10.0. The molecule has 1 aromatic rings. The van der Waals surface area contributed by atoms with Crippen molar-refractivity contribution in [1.82, 2.24) is 0 Å². The second-order valence-corrected chi connectivity index (χ2v) is 3.73. The van der Waals surface area contributed by atoms with Crippen molar-refractivity contribution in [2.45, 2.75) is 26.4 Å². The maximum atomic E-state index is 6.06. The van der Waals surface area contributed by atoms with E-state index in [2.05, 4.69) is 18.7 Å². The molecule has 0 bridgehead atoms. The van der Waals surface area contributed by atoms with Crippen LogP contribution < -0.4 is 5.90 Å². The van der Waals surface area contributed by atoms with Gasteiger partial charge in [0, 0.05) is 5.02 Å². The summed E-state index contributed by atoms with van der Waals surface area (Å²) in [5.41, 5.74) is 2.15. The minimum atomic E-state index is 0.401. The van der Waals surface area contributed by atoms with Crippen molar-refractivity contribution in [3.63, 3.8) is 0 Å². The van der Waals surface area contributed by atoms with Gasteiger partial charge in [-0.3, -0.25) is 4.84 Å². The van der Waals surface area contributed by atoms with E-state index in [1.54, 1.807) is 0 Å². The number of rotatable bonds is 3. The topological polar surface area (TPSA) is 35.2 Å². The average molecular weight is 200 g/mol. The van der Waals surface area contributed by atoms with Crippen molar-refractivity contribution in [2.75, 3.05) is 0 Å². The molecule has 0 amide bonds. The van der Waals surface area contributed by atoms with E-state index in [1.807, 2.05) is 18.2 Å². The lowest BCUT2D eigenvalue weighted by Gasteiger charge is -2.09. The molecule has 0 fully saturated rings. The molecule has 0 atom stereocenters. The van der Waals surface area contributed by atoms with Crippen LogP contribution in [-0.4, -0.2) is 0 Å². The Labute approximate surface area is 83.6 Å². The Hall–Kier alpha value is -0.570. The molecule has 0 unspecified atom stereocenters. The van der Waals surface area contributed by atoms with Crippen LogP contribution in [0.1, 0.15) is 30.9 Å². The Balaban J connectivity index is 2.92. The van der Waals surface area contributed by atoms with Gasteiger partial charge in [-0.1, -0.05) is 37.6 Å². The van der Waals surface area contributed by atoms with Crippen molar-refractivity contribution in [3.05, 3.63) is 34.3 Å². The van der Waals surface area contributed by atoms with Crippen LogP contribution in [0.4, 0.5) is 0 Å². The van der Waals surface area contributed by atoms with Gasteiger partial charge in [-0.25, -0.2) is 5.90 Å². The molecule has 0 aliphatic rings. The summed E-state index contributed by atoms with van der Waals surface area (Å²) in [6.07, 6.45) is 0. The molecule has 0 aliphatic heterocycles. The smallest absolute Gasteiger partial charge is 0.0930 e. The van der Waals surface area contributed by atoms with Crippen LogP contribution in [0.5, 0.6) is 0 Å². The summed E-state index contributed by atoms with van der Waals surface area (Å²) in [5, 5.41) is 0.782. The molecule has 2 N–H and O–H groups in total. The molecule has 2 nitrogen and oxygen atoms in total. The third-order valence-corrected chi connectivity index (χ3v) is 2.26. The molecule has 13 heavy (non-hydrogen) atoms. The average Bonchev–Trinajstić information content (AvgIpc) is 2.04. The summed E-state index contributed by atoms with van der Waals surface area (Å²) in [5.74, 6) is 5.41. The van der Waals surface area contributed by atoms with Gasteiger partial charge in [-0.05, 0) is 23.1 Å². The molecule has 0 aromatic heterocycles. The fourth-order valence-electron chi connectivity index (χ4n) is 1.22. The van der Waals surface area contributed by atoms with Crippen molar-refractivity contribution in [1.29, 1.82) is 0 Å². The highest BCUT2D eigenvalue weighted by Crippen LogP contribution is 2.25. The summed E-state index contributed by atoms with van der Waals surface area (Å²) in [7, 11) is 0. The molecular formula is C10H14ClNO. The maximum absolute atomic E-state index is 6.06. The second kappa shape index (κ2) is 4.61. The van der Waals surface area contributed by atoms with Crippen molar-refractivity contribution < 1.29 is 4.84 Å². The zero-order chi connectivity index (χ0) is 9.84. The highest BCUT2D eigenvalue weighted by Gasteiger charge is 2.05. The molecule has 0 aliphatic carbocycles. The summed E-state index contributed by atoms with van der Waals surface area (Å²) in [6, 6.07) is 5.89. The van der Waals surface area contributed by atoms with Gasteiger partial charge in [0.15, 0.2) is 0 Å². The SMILES string of the molecule is CC(C)c1ccc(CON)cc1Cl. The summed E-state index contributed by atoms with van der Waals surface area (Å²) in [6.45, 7) is 4.62. The van der Waals surface area contributed by atoms with E-state index in [0.29, 0.717) is 12.5 Å². The molecular weight excluding hydrogens is 186 g/mol. The maximum Gasteiger partial charge on any atom is 0.0930 e. The summed E-state index contributed by atoms with van der Waals surface area (Å²) >= 11 is 6.06. The number of nitrogens with two attached hydrogens (primary N) is 1. The van der Waals surface area contributed by atoms with Crippen LogP contribution in [0, 0.1) is 0 Å². The highest BCUT2D eigenvalue weighted by molar-refractivity contribution is 6.31. The van der Waals surface area contributed by atoms with Gasteiger partial charge in [0.2, 0.25) is 0 Å². The lowest BCUT2D eigenvalue weighted by Crippen LogP contribution is -1.99. The molecule has 0 saturated carbocycles. The fraction of sp³-hybridized carbons (Fsp3) is 0.400. The van der Waals surface area contributed by atoms with E-state index in [-0.39, 0.29) is 0 Å². The van der Waals surface area contributed by atoms with E-state index >= 15 is 0 Å². The molecule has 0 heterocycles. The van der Waals surface area contributed by atoms with Crippen LogP contribution in [0.25, 0.3) is 0 Å². The van der Waals surface area contributed by atoms with E-state index in [4.69, 9.17) is 17.5 Å². The van der Waals surface area contributed by atoms with Crippen LogP contribution in [0.2, 0.25) is 5.02 Å². The van der Waals surface area contributed by atoms with Gasteiger partial charge in [0.05, 0.1) is 6.61 Å². The van der Waals surface area contributed by atoms with Gasteiger partial charge in [0.1, 0.15) is 0 Å². The van der Waals surface area contributed by atoms with Crippen LogP contribution in [0.3, 0.4) is 0 Å². The molecule has 0 saturated heterocycles. The van der Waals surface area contributed by atoms with Gasteiger partial charge in [0.25, 0.3) is 0 Å². The molecule has 1 rings (SSSR count). The Morgan fingerprint density at radius 1 is 1.46 bits per heavy atom. The number of hydrogen-bond acceptors (Lipinski definition) is 2. The minimum absolute atomic E-state index is 0.401. The van der Waals surface area contributed by atoms with Gasteiger partial charge < -0.3 is 0 Å². The predicted molar refractivity (Wildman–Crippen MR) is 54.5 cm³/mol. The van der Waals surface area contributed by atoms with Gasteiger partial charge in [-0.15, -0.1) is 0 Å². The molecule has 0 radical (unpaired) electrons. The fourth-order valence-corrected chi connectivity index (χ4v) is 1.65. The summed E-state index contributed by atoms with van der Waals surface area (Å²) < 4.78 is 0. The molecule has 3 heteroatoms. The third kappa shape index (κ3) is 2.69. The van der Waals surface area contributed by atoms with Crippen LogP contribution in [0.15, 0.2) is 18.2 Å². The first kappa shape index (κ1) is 10.5. The predicted octanol–water partition coefficient (Wildman–Crippen LogP) is 2.85. The van der Waals surface area contributed by atoms with Crippen molar-refractivity contribution >= 4 is 11.6 Å². The standard InChI is InChI=1S/C10H14ClNO/c1-7(2)9-4-3-8(6-13-12)5-10(9)11/h3-5,7H,6,12H2,1-2H3. The van der Waals surface area contributed by atoms with E-state index in [1.165, 1.54) is 0 Å². The first-order valence-corrected chi connectivity index (χ1v) is 4.63. The molecule has 1 aromatic carbocycles. The Morgan fingerprint density at radius 2 is 2.15 bits per heavy atom. The lowest BCUT2D eigenvalue weighted by molar-refractivity contribution is 0.124. The Bertz CT molecular complexity index is 286. The zero-order valence-electron chi connectivity index (χ0n) is 7.88. The van der Waals surface area contributed by atoms with E-state index in [9.17, 15) is 0 Å². The number of halogens is 1. The number of hydrogen-bond donors (Lipinski definition) is 1. The number of benzene rings is 1. The Kier molecular flexibility index (Phi) is 3.72. The van der Waals surface area contributed by atoms with Crippen LogP contribution in [-0.2, 0) is 11.4 Å². The quantitative estimate of drug-likeness (QED) is 0.760. The van der Waals surface area contributed by atoms with E-state index < -0.39 is 0 Å². The van der Waals surface area contributed by atoms with Crippen molar-refractivity contribution in [3.8, 4) is 0 Å². The zero-order valence-corrected chi connectivity index (χ0v) is 8.64. The van der Waals surface area contributed by atoms with Gasteiger partial charge in [-0.2, -0.15) is 0 Å². The van der Waals surface area contributed by atoms with E-state index in [0.717, 1.165) is 16.1 Å². The second-order valence-electron chi connectivity index (χ2n) is 3.32. The minimum Gasteiger partial charge on any atom is -0.300 e. The highest BCUT2D eigenvalue weighted by atomic mass is 35.5. The first-order chi connectivity index (χ1) is 6.15. The monoisotopic (exact) mass is 199 g/mol. The first-order valence-electron chi connectivity index (χ1n) is 4.25. The third-order valence-electron chi connectivity index (χ3n) is 1.94. The molecule has 0 spiro atoms. The normalized spacial score (nSPS) is 10.8. The Morgan fingerprint density at radius 3 is 2.62 bits per heavy atom. The van der Waals surface area contributed by atoms with Crippen molar-refractivity contribution in [2.24, 2.45) is 5.90 Å².